The van der Waals surface area contributed by atoms with Gasteiger partial charge in [-0.25, -0.2) is 0 Å². The van der Waals surface area contributed by atoms with Crippen molar-refractivity contribution >= 4 is 21.7 Å². The smallest absolute Gasteiger partial charge is 0.135 e. The minimum Gasteiger partial charge on any atom is -0.461 e. The van der Waals surface area contributed by atoms with Gasteiger partial charge in [-0.1, -0.05) is 24.3 Å². The third kappa shape index (κ3) is 1.16. The molecule has 1 heterocycles. The maximum atomic E-state index is 5.71. The number of fused-ring (bicyclic) bond motifs is 2. The Hall–Kier alpha value is -1.76. The molecule has 0 atom stereocenters. The van der Waals surface area contributed by atoms with Crippen LogP contribution >= 0.6 is 0 Å². The van der Waals surface area contributed by atoms with Crippen LogP contribution in [0.15, 0.2) is 40.8 Å². The van der Waals surface area contributed by atoms with Crippen molar-refractivity contribution in [2.24, 2.45) is 0 Å². The summed E-state index contributed by atoms with van der Waals surface area (Å²) in [5, 5.41) is 3.74. The minimum absolute atomic E-state index is 0.990. The zero-order valence-electron chi connectivity index (χ0n) is 8.87. The van der Waals surface area contributed by atoms with Crippen LogP contribution in [-0.2, 0) is 0 Å². The van der Waals surface area contributed by atoms with Gasteiger partial charge in [0.05, 0.1) is 0 Å². The van der Waals surface area contributed by atoms with Gasteiger partial charge in [-0.3, -0.25) is 0 Å². The van der Waals surface area contributed by atoms with E-state index in [2.05, 4.69) is 43.3 Å². The second-order valence-corrected chi connectivity index (χ2v) is 3.98. The molecule has 3 aromatic rings. The molecule has 2 aromatic carbocycles. The maximum Gasteiger partial charge on any atom is 0.135 e. The third-order valence-electron chi connectivity index (χ3n) is 3.04. The van der Waals surface area contributed by atoms with Gasteiger partial charge >= 0.3 is 0 Å². The van der Waals surface area contributed by atoms with E-state index in [-0.39, 0.29) is 0 Å². The average molecular weight is 196 g/mol. The fraction of sp³-hybridized carbons (Fsp3) is 0.143. The summed E-state index contributed by atoms with van der Waals surface area (Å²) >= 11 is 0. The lowest BCUT2D eigenvalue weighted by molar-refractivity contribution is 0.575. The summed E-state index contributed by atoms with van der Waals surface area (Å²) in [6.07, 6.45) is 0. The summed E-state index contributed by atoms with van der Waals surface area (Å²) in [6, 6.07) is 12.7. The Morgan fingerprint density at radius 3 is 2.33 bits per heavy atom. The van der Waals surface area contributed by atoms with Crippen LogP contribution in [0.2, 0.25) is 0 Å². The molecule has 0 amide bonds. The molecule has 0 bridgehead atoms. The summed E-state index contributed by atoms with van der Waals surface area (Å²) in [5.41, 5.74) is 2.24. The first-order valence-electron chi connectivity index (χ1n) is 5.14. The summed E-state index contributed by atoms with van der Waals surface area (Å²) in [6.45, 7) is 4.12. The van der Waals surface area contributed by atoms with Crippen LogP contribution in [0.3, 0.4) is 0 Å². The quantitative estimate of drug-likeness (QED) is 0.525. The van der Waals surface area contributed by atoms with Gasteiger partial charge in [0.1, 0.15) is 11.3 Å². The Bertz CT molecular complexity index is 647. The topological polar surface area (TPSA) is 13.1 Å². The van der Waals surface area contributed by atoms with Crippen molar-refractivity contribution < 1.29 is 4.42 Å². The SMILES string of the molecule is Cc1oc2cc3ccccc3cc2c1C. The number of rotatable bonds is 0. The largest absolute Gasteiger partial charge is 0.461 e. The number of aryl methyl sites for hydroxylation is 2. The summed E-state index contributed by atoms with van der Waals surface area (Å²) in [4.78, 5) is 0. The van der Waals surface area contributed by atoms with Crippen LogP contribution < -0.4 is 0 Å². The first kappa shape index (κ1) is 8.54. The van der Waals surface area contributed by atoms with Gasteiger partial charge in [0.2, 0.25) is 0 Å². The van der Waals surface area contributed by atoms with E-state index in [9.17, 15) is 0 Å². The fourth-order valence-electron chi connectivity index (χ4n) is 2.03. The second-order valence-electron chi connectivity index (χ2n) is 3.98. The van der Waals surface area contributed by atoms with Gasteiger partial charge in [0, 0.05) is 5.39 Å². The summed E-state index contributed by atoms with van der Waals surface area (Å²) < 4.78 is 5.71. The molecule has 0 fully saturated rings. The molecule has 0 aliphatic rings. The molecule has 74 valence electrons. The van der Waals surface area contributed by atoms with Gasteiger partial charge in [-0.15, -0.1) is 0 Å². The van der Waals surface area contributed by atoms with Crippen LogP contribution in [0.4, 0.5) is 0 Å². The predicted molar refractivity (Wildman–Crippen MR) is 63.2 cm³/mol. The molecule has 0 unspecified atom stereocenters. The maximum absolute atomic E-state index is 5.71. The van der Waals surface area contributed by atoms with Crippen LogP contribution in [0.25, 0.3) is 21.7 Å². The first-order valence-corrected chi connectivity index (χ1v) is 5.14. The molecule has 0 N–H and O–H groups in total. The minimum atomic E-state index is 0.990. The van der Waals surface area contributed by atoms with E-state index in [4.69, 9.17) is 4.42 Å². The van der Waals surface area contributed by atoms with Crippen LogP contribution in [0.5, 0.6) is 0 Å². The van der Waals surface area contributed by atoms with Gasteiger partial charge in [-0.05, 0) is 42.3 Å². The van der Waals surface area contributed by atoms with Crippen molar-refractivity contribution in [3.63, 3.8) is 0 Å². The monoisotopic (exact) mass is 196 g/mol. The van der Waals surface area contributed by atoms with Gasteiger partial charge in [0.15, 0.2) is 0 Å². The molecule has 3 rings (SSSR count). The van der Waals surface area contributed by atoms with E-state index in [1.54, 1.807) is 0 Å². The highest BCUT2D eigenvalue weighted by Crippen LogP contribution is 2.28. The summed E-state index contributed by atoms with van der Waals surface area (Å²) in [5.74, 6) is 1.01. The number of hydrogen-bond donors (Lipinski definition) is 0. The zero-order chi connectivity index (χ0) is 10.4. The lowest BCUT2D eigenvalue weighted by Crippen LogP contribution is -1.73. The van der Waals surface area contributed by atoms with Crippen molar-refractivity contribution in [3.05, 3.63) is 47.7 Å². The van der Waals surface area contributed by atoms with Crippen molar-refractivity contribution in [2.45, 2.75) is 13.8 Å². The molecule has 0 radical (unpaired) electrons. The Labute approximate surface area is 88.3 Å². The van der Waals surface area contributed by atoms with E-state index in [1.807, 2.05) is 6.92 Å². The highest BCUT2D eigenvalue weighted by molar-refractivity contribution is 5.97. The lowest BCUT2D eigenvalue weighted by atomic mass is 10.1. The average Bonchev–Trinajstić information content (AvgIpc) is 2.52. The van der Waals surface area contributed by atoms with E-state index < -0.39 is 0 Å². The molecule has 0 aliphatic heterocycles. The Morgan fingerprint density at radius 2 is 1.60 bits per heavy atom. The molecule has 15 heavy (non-hydrogen) atoms. The van der Waals surface area contributed by atoms with Gasteiger partial charge < -0.3 is 4.42 Å². The Morgan fingerprint density at radius 1 is 0.933 bits per heavy atom. The fourth-order valence-corrected chi connectivity index (χ4v) is 2.03. The third-order valence-corrected chi connectivity index (χ3v) is 3.04. The van der Waals surface area contributed by atoms with E-state index in [1.165, 1.54) is 21.7 Å². The summed E-state index contributed by atoms with van der Waals surface area (Å²) in [7, 11) is 0. The van der Waals surface area contributed by atoms with Crippen molar-refractivity contribution in [1.82, 2.24) is 0 Å². The number of hydrogen-bond acceptors (Lipinski definition) is 1. The zero-order valence-corrected chi connectivity index (χ0v) is 8.87. The predicted octanol–water partition coefficient (Wildman–Crippen LogP) is 4.20. The first-order chi connectivity index (χ1) is 7.25. The molecule has 1 aromatic heterocycles. The van der Waals surface area contributed by atoms with Crippen LogP contribution in [0.1, 0.15) is 11.3 Å². The lowest BCUT2D eigenvalue weighted by Gasteiger charge is -1.96. The molecule has 0 saturated heterocycles. The standard InChI is InChI=1S/C14H12O/c1-9-10(2)15-14-8-12-6-4-3-5-11(12)7-13(9)14/h3-8H,1-2H3. The van der Waals surface area contributed by atoms with Crippen LogP contribution in [-0.4, -0.2) is 0 Å². The molecular formula is C14H12O. The highest BCUT2D eigenvalue weighted by Gasteiger charge is 2.07. The Kier molecular flexibility index (Phi) is 1.63. The van der Waals surface area contributed by atoms with E-state index in [0.717, 1.165) is 11.3 Å². The van der Waals surface area contributed by atoms with Crippen molar-refractivity contribution in [2.75, 3.05) is 0 Å². The van der Waals surface area contributed by atoms with Crippen molar-refractivity contribution in [1.29, 1.82) is 0 Å². The van der Waals surface area contributed by atoms with Crippen molar-refractivity contribution in [3.8, 4) is 0 Å². The molecular weight excluding hydrogens is 184 g/mol. The highest BCUT2D eigenvalue weighted by atomic mass is 16.3. The number of furan rings is 1. The Balaban J connectivity index is 2.53. The number of benzene rings is 2. The molecule has 1 heteroatoms. The van der Waals surface area contributed by atoms with Gasteiger partial charge in [0.25, 0.3) is 0 Å². The van der Waals surface area contributed by atoms with E-state index >= 15 is 0 Å². The van der Waals surface area contributed by atoms with Crippen LogP contribution in [0, 0.1) is 13.8 Å². The molecule has 0 aliphatic carbocycles. The second kappa shape index (κ2) is 2.86. The van der Waals surface area contributed by atoms with Gasteiger partial charge in [-0.2, -0.15) is 0 Å². The van der Waals surface area contributed by atoms with E-state index in [0.29, 0.717) is 0 Å². The normalized spacial score (nSPS) is 11.3. The molecule has 0 spiro atoms. The molecule has 1 nitrogen and oxygen atoms in total. The molecule has 0 saturated carbocycles.